The van der Waals surface area contributed by atoms with E-state index < -0.39 is 23.7 Å². The molecular formula is C13H12F2N2O2. The zero-order valence-corrected chi connectivity index (χ0v) is 10.2. The standard InChI is InChI=1S/C13H12F2N2O2/c1-8-2-4-9(5-3-8)6-17-7-10(13(18)19)11(16-17)12(14)15/h2-5,7,12H,6H2,1H3,(H,18,19). The number of aromatic carboxylic acids is 1. The third kappa shape index (κ3) is 2.96. The van der Waals surface area contributed by atoms with Crippen LogP contribution in [0.2, 0.25) is 0 Å². The SMILES string of the molecule is Cc1ccc(Cn2cc(C(=O)O)c(C(F)F)n2)cc1. The second-order valence-corrected chi connectivity index (χ2v) is 4.22. The average molecular weight is 266 g/mol. The van der Waals surface area contributed by atoms with Gasteiger partial charge in [-0.15, -0.1) is 0 Å². The van der Waals surface area contributed by atoms with E-state index in [9.17, 15) is 13.6 Å². The molecule has 0 saturated heterocycles. The van der Waals surface area contributed by atoms with Crippen molar-refractivity contribution in [2.45, 2.75) is 19.9 Å². The van der Waals surface area contributed by atoms with E-state index in [1.807, 2.05) is 31.2 Å². The number of hydrogen-bond acceptors (Lipinski definition) is 2. The molecule has 1 aromatic heterocycles. The zero-order valence-electron chi connectivity index (χ0n) is 10.2. The number of alkyl halides is 2. The smallest absolute Gasteiger partial charge is 0.339 e. The van der Waals surface area contributed by atoms with E-state index in [0.717, 1.165) is 17.3 Å². The summed E-state index contributed by atoms with van der Waals surface area (Å²) in [4.78, 5) is 10.8. The van der Waals surface area contributed by atoms with Crippen LogP contribution in [-0.4, -0.2) is 20.9 Å². The summed E-state index contributed by atoms with van der Waals surface area (Å²) in [7, 11) is 0. The first-order valence-corrected chi connectivity index (χ1v) is 5.61. The van der Waals surface area contributed by atoms with Gasteiger partial charge in [-0.3, -0.25) is 4.68 Å². The molecule has 0 spiro atoms. The molecule has 0 radical (unpaired) electrons. The van der Waals surface area contributed by atoms with Gasteiger partial charge in [0.25, 0.3) is 6.43 Å². The number of carbonyl (C=O) groups is 1. The van der Waals surface area contributed by atoms with Crippen molar-refractivity contribution in [3.63, 3.8) is 0 Å². The van der Waals surface area contributed by atoms with E-state index in [4.69, 9.17) is 5.11 Å². The van der Waals surface area contributed by atoms with Gasteiger partial charge in [0.15, 0.2) is 0 Å². The lowest BCUT2D eigenvalue weighted by Crippen LogP contribution is -2.01. The quantitative estimate of drug-likeness (QED) is 0.925. The molecule has 100 valence electrons. The first kappa shape index (κ1) is 13.2. The van der Waals surface area contributed by atoms with Gasteiger partial charge in [-0.25, -0.2) is 13.6 Å². The summed E-state index contributed by atoms with van der Waals surface area (Å²) in [5.41, 5.74) is 0.802. The summed E-state index contributed by atoms with van der Waals surface area (Å²) >= 11 is 0. The average Bonchev–Trinajstić information content (AvgIpc) is 2.76. The zero-order chi connectivity index (χ0) is 14.0. The Morgan fingerprint density at radius 1 is 1.37 bits per heavy atom. The van der Waals surface area contributed by atoms with Crippen LogP contribution in [0.4, 0.5) is 8.78 Å². The van der Waals surface area contributed by atoms with Crippen LogP contribution >= 0.6 is 0 Å². The summed E-state index contributed by atoms with van der Waals surface area (Å²) in [6.45, 7) is 2.20. The van der Waals surface area contributed by atoms with E-state index in [-0.39, 0.29) is 6.54 Å². The third-order valence-electron chi connectivity index (χ3n) is 2.69. The number of rotatable bonds is 4. The fourth-order valence-electron chi connectivity index (χ4n) is 1.72. The van der Waals surface area contributed by atoms with E-state index in [0.29, 0.717) is 0 Å². The van der Waals surface area contributed by atoms with Gasteiger partial charge in [0.2, 0.25) is 0 Å². The van der Waals surface area contributed by atoms with Crippen molar-refractivity contribution in [3.05, 3.63) is 52.8 Å². The van der Waals surface area contributed by atoms with Crippen LogP contribution in [-0.2, 0) is 6.54 Å². The summed E-state index contributed by atoms with van der Waals surface area (Å²) in [5.74, 6) is -1.40. The predicted octanol–water partition coefficient (Wildman–Crippen LogP) is 2.88. The van der Waals surface area contributed by atoms with Crippen molar-refractivity contribution in [1.82, 2.24) is 9.78 Å². The number of halogens is 2. The molecule has 0 saturated carbocycles. The maximum atomic E-state index is 12.7. The van der Waals surface area contributed by atoms with Crippen LogP contribution in [0, 0.1) is 6.92 Å². The molecule has 0 aliphatic rings. The van der Waals surface area contributed by atoms with Gasteiger partial charge >= 0.3 is 5.97 Å². The molecule has 0 amide bonds. The fourth-order valence-corrected chi connectivity index (χ4v) is 1.72. The first-order chi connectivity index (χ1) is 8.97. The second kappa shape index (κ2) is 5.17. The summed E-state index contributed by atoms with van der Waals surface area (Å²) in [5, 5.41) is 12.5. The van der Waals surface area contributed by atoms with Crippen LogP contribution in [0.3, 0.4) is 0 Å². The van der Waals surface area contributed by atoms with Gasteiger partial charge in [0, 0.05) is 6.20 Å². The minimum atomic E-state index is -2.90. The van der Waals surface area contributed by atoms with Crippen molar-refractivity contribution in [2.24, 2.45) is 0 Å². The number of hydrogen-bond donors (Lipinski definition) is 1. The second-order valence-electron chi connectivity index (χ2n) is 4.22. The minimum Gasteiger partial charge on any atom is -0.478 e. The molecule has 0 fully saturated rings. The Bertz CT molecular complexity index is 591. The van der Waals surface area contributed by atoms with Crippen molar-refractivity contribution in [1.29, 1.82) is 0 Å². The molecule has 0 aliphatic heterocycles. The van der Waals surface area contributed by atoms with Crippen molar-refractivity contribution in [3.8, 4) is 0 Å². The molecule has 2 rings (SSSR count). The Morgan fingerprint density at radius 3 is 2.47 bits per heavy atom. The largest absolute Gasteiger partial charge is 0.478 e. The number of carboxylic acid groups (broad SMARTS) is 1. The topological polar surface area (TPSA) is 55.1 Å². The number of nitrogens with zero attached hydrogens (tertiary/aromatic N) is 2. The van der Waals surface area contributed by atoms with Gasteiger partial charge in [-0.05, 0) is 12.5 Å². The maximum Gasteiger partial charge on any atom is 0.339 e. The van der Waals surface area contributed by atoms with Crippen molar-refractivity contribution < 1.29 is 18.7 Å². The highest BCUT2D eigenvalue weighted by atomic mass is 19.3. The van der Waals surface area contributed by atoms with Gasteiger partial charge in [-0.1, -0.05) is 29.8 Å². The van der Waals surface area contributed by atoms with Crippen LogP contribution in [0.25, 0.3) is 0 Å². The summed E-state index contributed by atoms with van der Waals surface area (Å²) in [6, 6.07) is 7.48. The molecule has 19 heavy (non-hydrogen) atoms. The van der Waals surface area contributed by atoms with Gasteiger partial charge in [0.05, 0.1) is 6.54 Å². The number of benzene rings is 1. The molecule has 0 aliphatic carbocycles. The highest BCUT2D eigenvalue weighted by molar-refractivity contribution is 5.88. The molecular weight excluding hydrogens is 254 g/mol. The molecule has 1 N–H and O–H groups in total. The number of carboxylic acids is 1. The summed E-state index contributed by atoms with van der Waals surface area (Å²) in [6.07, 6.45) is -1.77. The Morgan fingerprint density at radius 2 is 2.00 bits per heavy atom. The van der Waals surface area contributed by atoms with Crippen LogP contribution in [0.15, 0.2) is 30.5 Å². The molecule has 0 bridgehead atoms. The Kier molecular flexibility index (Phi) is 3.59. The molecule has 4 nitrogen and oxygen atoms in total. The highest BCUT2D eigenvalue weighted by Gasteiger charge is 2.22. The molecule has 6 heteroatoms. The molecule has 1 aromatic carbocycles. The van der Waals surface area contributed by atoms with Gasteiger partial charge in [0.1, 0.15) is 11.3 Å². The normalized spacial score (nSPS) is 10.9. The minimum absolute atomic E-state index is 0.257. The van der Waals surface area contributed by atoms with Crippen LogP contribution in [0.5, 0.6) is 0 Å². The van der Waals surface area contributed by atoms with Crippen molar-refractivity contribution in [2.75, 3.05) is 0 Å². The number of aryl methyl sites for hydroxylation is 1. The molecule has 2 aromatic rings. The van der Waals surface area contributed by atoms with E-state index in [2.05, 4.69) is 5.10 Å². The highest BCUT2D eigenvalue weighted by Crippen LogP contribution is 2.21. The first-order valence-electron chi connectivity index (χ1n) is 5.61. The third-order valence-corrected chi connectivity index (χ3v) is 2.69. The maximum absolute atomic E-state index is 12.7. The lowest BCUT2D eigenvalue weighted by molar-refractivity contribution is 0.0684. The number of aromatic nitrogens is 2. The molecule has 0 unspecified atom stereocenters. The van der Waals surface area contributed by atoms with Gasteiger partial charge < -0.3 is 5.11 Å². The van der Waals surface area contributed by atoms with Crippen molar-refractivity contribution >= 4 is 5.97 Å². The monoisotopic (exact) mass is 266 g/mol. The van der Waals surface area contributed by atoms with Crippen LogP contribution < -0.4 is 0 Å². The fraction of sp³-hybridized carbons (Fsp3) is 0.231. The van der Waals surface area contributed by atoms with E-state index in [1.54, 1.807) is 0 Å². The molecule has 0 atom stereocenters. The lowest BCUT2D eigenvalue weighted by atomic mass is 10.1. The lowest BCUT2D eigenvalue weighted by Gasteiger charge is -2.02. The predicted molar refractivity (Wildman–Crippen MR) is 64.4 cm³/mol. The Labute approximate surface area is 108 Å². The van der Waals surface area contributed by atoms with E-state index >= 15 is 0 Å². The molecule has 1 heterocycles. The Hall–Kier alpha value is -2.24. The van der Waals surface area contributed by atoms with Crippen LogP contribution in [0.1, 0.15) is 33.6 Å². The van der Waals surface area contributed by atoms with Gasteiger partial charge in [-0.2, -0.15) is 5.10 Å². The summed E-state index contributed by atoms with van der Waals surface area (Å²) < 4.78 is 26.5. The Balaban J connectivity index is 2.28. The van der Waals surface area contributed by atoms with E-state index in [1.165, 1.54) is 4.68 Å².